The summed E-state index contributed by atoms with van der Waals surface area (Å²) in [6.45, 7) is 6.35. The maximum Gasteiger partial charge on any atom is 0.407 e. The van der Waals surface area contributed by atoms with E-state index in [1.54, 1.807) is 7.05 Å². The van der Waals surface area contributed by atoms with Gasteiger partial charge < -0.3 is 20.7 Å². The number of carbonyl (C=O) groups excluding carboxylic acids is 1. The lowest BCUT2D eigenvalue weighted by atomic mass is 9.91. The number of halogens is 1. The van der Waals surface area contributed by atoms with Crippen molar-refractivity contribution in [3.63, 3.8) is 0 Å². The van der Waals surface area contributed by atoms with Gasteiger partial charge in [0.15, 0.2) is 5.96 Å². The van der Waals surface area contributed by atoms with Crippen molar-refractivity contribution in [2.24, 2.45) is 4.99 Å². The number of guanidine groups is 1. The number of ether oxygens (including phenoxy) is 1. The molecular formula is C20H31BrN4O2. The first-order chi connectivity index (χ1) is 12.7. The molecule has 0 radical (unpaired) electrons. The van der Waals surface area contributed by atoms with Gasteiger partial charge in [-0.3, -0.25) is 4.99 Å². The molecule has 0 atom stereocenters. The van der Waals surface area contributed by atoms with E-state index in [9.17, 15) is 4.79 Å². The molecule has 1 amide bonds. The summed E-state index contributed by atoms with van der Waals surface area (Å²) >= 11 is 3.45. The first kappa shape index (κ1) is 21.5. The Hall–Kier alpha value is -1.76. The minimum atomic E-state index is -0.462. The third-order valence-corrected chi connectivity index (χ3v) is 4.91. The highest BCUT2D eigenvalue weighted by molar-refractivity contribution is 9.10. The third-order valence-electron chi connectivity index (χ3n) is 4.39. The van der Waals surface area contributed by atoms with Gasteiger partial charge >= 0.3 is 6.09 Å². The molecule has 2 rings (SSSR count). The predicted octanol–water partition coefficient (Wildman–Crippen LogP) is 3.95. The second-order valence-corrected chi connectivity index (χ2v) is 8.81. The number of nitrogens with one attached hydrogen (secondary N) is 3. The van der Waals surface area contributed by atoms with Crippen LogP contribution in [0.2, 0.25) is 0 Å². The van der Waals surface area contributed by atoms with Crippen molar-refractivity contribution in [3.8, 4) is 0 Å². The van der Waals surface area contributed by atoms with Crippen LogP contribution in [-0.4, -0.2) is 36.8 Å². The normalized spacial score (nSPS) is 20.7. The van der Waals surface area contributed by atoms with Crippen molar-refractivity contribution in [2.45, 2.75) is 70.7 Å². The highest BCUT2D eigenvalue weighted by atomic mass is 79.9. The molecule has 0 spiro atoms. The van der Waals surface area contributed by atoms with Gasteiger partial charge in [-0.05, 0) is 64.2 Å². The summed E-state index contributed by atoms with van der Waals surface area (Å²) in [5.74, 6) is 0.807. The standard InChI is InChI=1S/C20H31BrN4O2/c1-20(2,3)27-19(26)25-17-11-9-16(10-12-17)24-18(22-4)23-13-14-5-7-15(21)8-6-14/h5-8,16-17H,9-13H2,1-4H3,(H,25,26)(H2,22,23,24). The molecule has 1 saturated carbocycles. The fourth-order valence-electron chi connectivity index (χ4n) is 3.03. The van der Waals surface area contributed by atoms with Crippen LogP contribution in [0.1, 0.15) is 52.0 Å². The number of hydrogen-bond acceptors (Lipinski definition) is 3. The summed E-state index contributed by atoms with van der Waals surface area (Å²) < 4.78 is 6.41. The van der Waals surface area contributed by atoms with Crippen LogP contribution in [-0.2, 0) is 11.3 Å². The van der Waals surface area contributed by atoms with Gasteiger partial charge in [0.1, 0.15) is 5.60 Å². The Bertz CT molecular complexity index is 632. The summed E-state index contributed by atoms with van der Waals surface area (Å²) in [7, 11) is 1.78. The SMILES string of the molecule is CN=C(NCc1ccc(Br)cc1)NC1CCC(NC(=O)OC(C)(C)C)CC1. The lowest BCUT2D eigenvalue weighted by molar-refractivity contribution is 0.0490. The zero-order chi connectivity index (χ0) is 19.9. The Labute approximate surface area is 170 Å². The molecule has 0 bridgehead atoms. The van der Waals surface area contributed by atoms with Gasteiger partial charge in [-0.25, -0.2) is 4.79 Å². The fourth-order valence-corrected chi connectivity index (χ4v) is 3.30. The predicted molar refractivity (Wildman–Crippen MR) is 113 cm³/mol. The molecule has 27 heavy (non-hydrogen) atoms. The lowest BCUT2D eigenvalue weighted by Gasteiger charge is -2.31. The molecule has 1 aliphatic carbocycles. The van der Waals surface area contributed by atoms with Crippen LogP contribution in [0.3, 0.4) is 0 Å². The first-order valence-corrected chi connectivity index (χ1v) is 10.3. The van der Waals surface area contributed by atoms with Gasteiger partial charge in [-0.1, -0.05) is 28.1 Å². The van der Waals surface area contributed by atoms with Crippen LogP contribution in [0.5, 0.6) is 0 Å². The molecule has 0 saturated heterocycles. The number of aliphatic imine (C=N–C) groups is 1. The maximum absolute atomic E-state index is 11.9. The Morgan fingerprint density at radius 2 is 1.67 bits per heavy atom. The molecule has 6 nitrogen and oxygen atoms in total. The monoisotopic (exact) mass is 438 g/mol. The number of nitrogens with zero attached hydrogens (tertiary/aromatic N) is 1. The van der Waals surface area contributed by atoms with E-state index >= 15 is 0 Å². The second-order valence-electron chi connectivity index (χ2n) is 7.89. The van der Waals surface area contributed by atoms with Crippen molar-refractivity contribution in [3.05, 3.63) is 34.3 Å². The van der Waals surface area contributed by atoms with Crippen LogP contribution < -0.4 is 16.0 Å². The molecule has 1 aromatic rings. The molecule has 0 aliphatic heterocycles. The zero-order valence-electron chi connectivity index (χ0n) is 16.6. The van der Waals surface area contributed by atoms with E-state index in [1.165, 1.54) is 5.56 Å². The van der Waals surface area contributed by atoms with E-state index in [0.717, 1.165) is 42.7 Å². The van der Waals surface area contributed by atoms with Crippen LogP contribution in [0.15, 0.2) is 33.7 Å². The number of amides is 1. The average Bonchev–Trinajstić information content (AvgIpc) is 2.60. The molecule has 7 heteroatoms. The molecular weight excluding hydrogens is 408 g/mol. The Kier molecular flexibility index (Phi) is 7.95. The van der Waals surface area contributed by atoms with Crippen molar-refractivity contribution >= 4 is 28.0 Å². The molecule has 1 aliphatic rings. The van der Waals surface area contributed by atoms with Gasteiger partial charge in [-0.15, -0.1) is 0 Å². The molecule has 3 N–H and O–H groups in total. The topological polar surface area (TPSA) is 74.8 Å². The number of rotatable bonds is 4. The quantitative estimate of drug-likeness (QED) is 0.491. The Morgan fingerprint density at radius 1 is 1.11 bits per heavy atom. The van der Waals surface area contributed by atoms with Gasteiger partial charge in [0.05, 0.1) is 0 Å². The van der Waals surface area contributed by atoms with Crippen molar-refractivity contribution in [2.75, 3.05) is 7.05 Å². The summed E-state index contributed by atoms with van der Waals surface area (Å²) in [4.78, 5) is 16.2. The molecule has 0 aromatic heterocycles. The van der Waals surface area contributed by atoms with Gasteiger partial charge in [0.2, 0.25) is 0 Å². The summed E-state index contributed by atoms with van der Waals surface area (Å²) in [5, 5.41) is 9.82. The highest BCUT2D eigenvalue weighted by Gasteiger charge is 2.25. The number of benzene rings is 1. The first-order valence-electron chi connectivity index (χ1n) is 9.46. The lowest BCUT2D eigenvalue weighted by Crippen LogP contribution is -2.47. The molecule has 150 valence electrons. The number of carbonyl (C=O) groups is 1. The van der Waals surface area contributed by atoms with Crippen molar-refractivity contribution in [1.29, 1.82) is 0 Å². The zero-order valence-corrected chi connectivity index (χ0v) is 18.2. The van der Waals surface area contributed by atoms with E-state index in [0.29, 0.717) is 6.04 Å². The number of alkyl carbamates (subject to hydrolysis) is 1. The van der Waals surface area contributed by atoms with Crippen LogP contribution in [0, 0.1) is 0 Å². The Balaban J connectivity index is 1.72. The molecule has 0 unspecified atom stereocenters. The summed E-state index contributed by atoms with van der Waals surface area (Å²) in [6.07, 6.45) is 3.51. The van der Waals surface area contributed by atoms with E-state index in [2.05, 4.69) is 49.0 Å². The minimum Gasteiger partial charge on any atom is -0.444 e. The highest BCUT2D eigenvalue weighted by Crippen LogP contribution is 2.19. The minimum absolute atomic E-state index is 0.177. The van der Waals surface area contributed by atoms with Crippen molar-refractivity contribution in [1.82, 2.24) is 16.0 Å². The van der Waals surface area contributed by atoms with Gasteiger partial charge in [0.25, 0.3) is 0 Å². The second kappa shape index (κ2) is 9.97. The Morgan fingerprint density at radius 3 is 2.19 bits per heavy atom. The average molecular weight is 439 g/mol. The summed E-state index contributed by atoms with van der Waals surface area (Å²) in [6, 6.07) is 8.77. The largest absolute Gasteiger partial charge is 0.444 e. The molecule has 0 heterocycles. The van der Waals surface area contributed by atoms with Gasteiger partial charge in [0, 0.05) is 30.1 Å². The van der Waals surface area contributed by atoms with Gasteiger partial charge in [-0.2, -0.15) is 0 Å². The maximum atomic E-state index is 11.9. The summed E-state index contributed by atoms with van der Waals surface area (Å²) in [5.41, 5.74) is 0.738. The number of hydrogen-bond donors (Lipinski definition) is 3. The van der Waals surface area contributed by atoms with E-state index < -0.39 is 5.60 Å². The smallest absolute Gasteiger partial charge is 0.407 e. The van der Waals surface area contributed by atoms with Crippen LogP contribution >= 0.6 is 15.9 Å². The van der Waals surface area contributed by atoms with E-state index in [4.69, 9.17) is 4.74 Å². The van der Waals surface area contributed by atoms with Crippen molar-refractivity contribution < 1.29 is 9.53 Å². The molecule has 1 fully saturated rings. The fraction of sp³-hybridized carbons (Fsp3) is 0.600. The third kappa shape index (κ3) is 8.20. The van der Waals surface area contributed by atoms with Crippen LogP contribution in [0.25, 0.3) is 0 Å². The van der Waals surface area contributed by atoms with Crippen LogP contribution in [0.4, 0.5) is 4.79 Å². The molecule has 1 aromatic carbocycles. The van der Waals surface area contributed by atoms with E-state index in [1.807, 2.05) is 32.9 Å². The van der Waals surface area contributed by atoms with E-state index in [-0.39, 0.29) is 12.1 Å².